The summed E-state index contributed by atoms with van der Waals surface area (Å²) in [5, 5.41) is 1.57. The van der Waals surface area contributed by atoms with Crippen LogP contribution in [0.1, 0.15) is 52.4 Å². The van der Waals surface area contributed by atoms with Crippen molar-refractivity contribution in [2.75, 3.05) is 0 Å². The summed E-state index contributed by atoms with van der Waals surface area (Å²) >= 11 is 2.19. The van der Waals surface area contributed by atoms with Gasteiger partial charge in [0, 0.05) is 22.3 Å². The van der Waals surface area contributed by atoms with Gasteiger partial charge in [-0.3, -0.25) is 4.79 Å². The third-order valence-electron chi connectivity index (χ3n) is 6.66. The van der Waals surface area contributed by atoms with Crippen LogP contribution in [-0.2, 0) is 4.79 Å². The van der Waals surface area contributed by atoms with Gasteiger partial charge in [0.1, 0.15) is 5.78 Å². The summed E-state index contributed by atoms with van der Waals surface area (Å²) in [5.74, 6) is 2.18. The molecule has 4 rings (SSSR count). The average Bonchev–Trinajstić information content (AvgIpc) is 2.98. The number of thioether (sulfide) groups is 1. The molecule has 1 heterocycles. The smallest absolute Gasteiger partial charge is 0.140 e. The Bertz CT molecular complexity index is 388. The topological polar surface area (TPSA) is 17.1 Å². The maximum absolute atomic E-state index is 12.6. The van der Waals surface area contributed by atoms with Crippen molar-refractivity contribution in [3.05, 3.63) is 0 Å². The number of ketones is 1. The van der Waals surface area contributed by atoms with Crippen LogP contribution < -0.4 is 0 Å². The molecule has 0 aromatic rings. The van der Waals surface area contributed by atoms with E-state index in [-0.39, 0.29) is 10.8 Å². The van der Waals surface area contributed by atoms with Crippen molar-refractivity contribution in [1.29, 1.82) is 0 Å². The maximum atomic E-state index is 12.6. The summed E-state index contributed by atoms with van der Waals surface area (Å²) in [7, 11) is 0. The van der Waals surface area contributed by atoms with Crippen LogP contribution in [0.5, 0.6) is 0 Å². The number of rotatable bonds is 1. The molecule has 94 valence electrons. The number of fused-ring (bicyclic) bond motifs is 4. The second kappa shape index (κ2) is 3.12. The first-order chi connectivity index (χ1) is 8.05. The summed E-state index contributed by atoms with van der Waals surface area (Å²) in [6.07, 6.45) is 7.63. The molecule has 0 N–H and O–H groups in total. The van der Waals surface area contributed by atoms with E-state index in [9.17, 15) is 4.79 Å². The van der Waals surface area contributed by atoms with E-state index in [0.29, 0.717) is 17.0 Å². The van der Waals surface area contributed by atoms with Crippen molar-refractivity contribution in [3.8, 4) is 0 Å². The highest BCUT2D eigenvalue weighted by molar-refractivity contribution is 8.00. The number of carbonyl (C=O) groups is 1. The lowest BCUT2D eigenvalue weighted by atomic mass is 9.64. The van der Waals surface area contributed by atoms with Crippen LogP contribution in [0.3, 0.4) is 0 Å². The quantitative estimate of drug-likeness (QED) is 0.706. The van der Waals surface area contributed by atoms with Crippen LogP contribution in [0.25, 0.3) is 0 Å². The molecule has 17 heavy (non-hydrogen) atoms. The van der Waals surface area contributed by atoms with Gasteiger partial charge in [0.2, 0.25) is 0 Å². The first-order valence-electron chi connectivity index (χ1n) is 7.24. The van der Waals surface area contributed by atoms with Gasteiger partial charge in [-0.2, -0.15) is 11.8 Å². The Labute approximate surface area is 108 Å². The van der Waals surface area contributed by atoms with Crippen LogP contribution in [-0.4, -0.2) is 16.3 Å². The Morgan fingerprint density at radius 3 is 2.53 bits per heavy atom. The molecular formula is C15H22OS. The van der Waals surface area contributed by atoms with Gasteiger partial charge in [-0.15, -0.1) is 0 Å². The molecule has 0 spiro atoms. The fourth-order valence-electron chi connectivity index (χ4n) is 5.59. The fourth-order valence-corrected chi connectivity index (χ4v) is 7.89. The van der Waals surface area contributed by atoms with E-state index in [1.807, 2.05) is 0 Å². The predicted octanol–water partition coefficient (Wildman–Crippen LogP) is 3.67. The van der Waals surface area contributed by atoms with Crippen LogP contribution in [0, 0.1) is 22.7 Å². The van der Waals surface area contributed by atoms with E-state index < -0.39 is 0 Å². The number of carbonyl (C=O) groups excluding carboxylic acids is 1. The molecule has 4 fully saturated rings. The molecule has 3 saturated carbocycles. The molecule has 1 nitrogen and oxygen atoms in total. The maximum Gasteiger partial charge on any atom is 0.140 e. The van der Waals surface area contributed by atoms with Crippen LogP contribution in [0.2, 0.25) is 0 Å². The molecule has 1 aliphatic heterocycles. The third-order valence-corrected chi connectivity index (χ3v) is 8.56. The van der Waals surface area contributed by atoms with Gasteiger partial charge in [-0.25, -0.2) is 0 Å². The Hall–Kier alpha value is 0.0200. The molecule has 5 atom stereocenters. The normalized spacial score (nSPS) is 54.8. The Kier molecular flexibility index (Phi) is 2.00. The highest BCUT2D eigenvalue weighted by atomic mass is 32.2. The van der Waals surface area contributed by atoms with E-state index in [1.165, 1.54) is 32.1 Å². The van der Waals surface area contributed by atoms with Crippen LogP contribution >= 0.6 is 11.8 Å². The highest BCUT2D eigenvalue weighted by Gasteiger charge is 2.69. The van der Waals surface area contributed by atoms with Crippen molar-refractivity contribution >= 4 is 17.5 Å². The Morgan fingerprint density at radius 1 is 1.24 bits per heavy atom. The molecule has 1 saturated heterocycles. The molecule has 4 aliphatic rings. The SMILES string of the molecule is CC1(C)C2CCC1([C@H]1SC3CCC1C3)C(=O)C2. The third kappa shape index (κ3) is 1.08. The van der Waals surface area contributed by atoms with Gasteiger partial charge >= 0.3 is 0 Å². The zero-order valence-electron chi connectivity index (χ0n) is 10.9. The fraction of sp³-hybridized carbons (Fsp3) is 0.933. The first-order valence-corrected chi connectivity index (χ1v) is 8.19. The van der Waals surface area contributed by atoms with Crippen molar-refractivity contribution in [1.82, 2.24) is 0 Å². The van der Waals surface area contributed by atoms with E-state index >= 15 is 0 Å². The average molecular weight is 250 g/mol. The number of hydrogen-bond donors (Lipinski definition) is 0. The Morgan fingerprint density at radius 2 is 2.06 bits per heavy atom. The minimum atomic E-state index is 0.0716. The van der Waals surface area contributed by atoms with E-state index in [2.05, 4.69) is 25.6 Å². The van der Waals surface area contributed by atoms with Gasteiger partial charge in [0.25, 0.3) is 0 Å². The van der Waals surface area contributed by atoms with Crippen molar-refractivity contribution < 1.29 is 4.79 Å². The van der Waals surface area contributed by atoms with Gasteiger partial charge in [-0.05, 0) is 49.4 Å². The van der Waals surface area contributed by atoms with Crippen molar-refractivity contribution in [3.63, 3.8) is 0 Å². The van der Waals surface area contributed by atoms with Gasteiger partial charge in [-0.1, -0.05) is 13.8 Å². The molecule has 0 aromatic carbocycles. The zero-order chi connectivity index (χ0) is 11.8. The van der Waals surface area contributed by atoms with Gasteiger partial charge < -0.3 is 0 Å². The number of Topliss-reactive ketones (excluding diaryl/α,β-unsaturated/α-hetero) is 1. The van der Waals surface area contributed by atoms with E-state index in [0.717, 1.165) is 17.6 Å². The van der Waals surface area contributed by atoms with Crippen LogP contribution in [0.15, 0.2) is 0 Å². The highest BCUT2D eigenvalue weighted by Crippen LogP contribution is 2.71. The minimum Gasteiger partial charge on any atom is -0.299 e. The van der Waals surface area contributed by atoms with Crippen LogP contribution in [0.4, 0.5) is 0 Å². The molecular weight excluding hydrogens is 228 g/mol. The molecule has 0 radical (unpaired) electrons. The van der Waals surface area contributed by atoms with E-state index in [4.69, 9.17) is 0 Å². The van der Waals surface area contributed by atoms with E-state index in [1.54, 1.807) is 0 Å². The Balaban J connectivity index is 1.78. The summed E-state index contributed by atoms with van der Waals surface area (Å²) < 4.78 is 0. The monoisotopic (exact) mass is 250 g/mol. The largest absolute Gasteiger partial charge is 0.299 e. The molecule has 4 bridgehead atoms. The zero-order valence-corrected chi connectivity index (χ0v) is 11.7. The minimum absolute atomic E-state index is 0.0716. The van der Waals surface area contributed by atoms with Gasteiger partial charge in [0.15, 0.2) is 0 Å². The lowest BCUT2D eigenvalue weighted by Gasteiger charge is -2.44. The lowest BCUT2D eigenvalue weighted by Crippen LogP contribution is -2.47. The second-order valence-corrected chi connectivity index (χ2v) is 8.75. The predicted molar refractivity (Wildman–Crippen MR) is 71.1 cm³/mol. The summed E-state index contributed by atoms with van der Waals surface area (Å²) in [6.45, 7) is 4.78. The van der Waals surface area contributed by atoms with Crippen molar-refractivity contribution in [2.45, 2.75) is 62.9 Å². The summed E-state index contributed by atoms with van der Waals surface area (Å²) in [5.41, 5.74) is 0.356. The lowest BCUT2D eigenvalue weighted by molar-refractivity contribution is -0.130. The standard InChI is InChI=1S/C15H22OS/c1-14(2)10-5-6-15(14,12(16)8-10)13-9-3-4-11(7-9)17-13/h9-11,13H,3-8H2,1-2H3/t9?,10?,11?,13-,15?/m0/s1. The molecule has 0 amide bonds. The second-order valence-electron chi connectivity index (χ2n) is 7.31. The van der Waals surface area contributed by atoms with Crippen molar-refractivity contribution in [2.24, 2.45) is 22.7 Å². The molecule has 2 heteroatoms. The van der Waals surface area contributed by atoms with Gasteiger partial charge in [0.05, 0.1) is 0 Å². The molecule has 4 unspecified atom stereocenters. The molecule has 3 aliphatic carbocycles. The first kappa shape index (κ1) is 10.9. The summed E-state index contributed by atoms with van der Waals surface area (Å²) in [6, 6.07) is 0. The summed E-state index contributed by atoms with van der Waals surface area (Å²) in [4.78, 5) is 12.6. The molecule has 0 aromatic heterocycles. The number of hydrogen-bond acceptors (Lipinski definition) is 2.